The third-order valence-corrected chi connectivity index (χ3v) is 12.0. The van der Waals surface area contributed by atoms with Crippen molar-refractivity contribution in [3.63, 3.8) is 0 Å². The summed E-state index contributed by atoms with van der Waals surface area (Å²) in [7, 11) is -3.36. The Kier molecular flexibility index (Phi) is 11.1. The van der Waals surface area contributed by atoms with Crippen LogP contribution in [0.5, 0.6) is 5.75 Å². The van der Waals surface area contributed by atoms with Gasteiger partial charge < -0.3 is 20.3 Å². The molecule has 1 fully saturated rings. The summed E-state index contributed by atoms with van der Waals surface area (Å²) in [5, 5.41) is 13.0. The third kappa shape index (κ3) is 7.90. The Labute approximate surface area is 295 Å². The number of anilines is 3. The van der Waals surface area contributed by atoms with Crippen LogP contribution in [-0.4, -0.2) is 61.2 Å². The van der Waals surface area contributed by atoms with E-state index in [-0.39, 0.29) is 27.8 Å². The van der Waals surface area contributed by atoms with E-state index in [1.807, 2.05) is 11.8 Å². The summed E-state index contributed by atoms with van der Waals surface area (Å²) in [6, 6.07) is 4.54. The molecule has 0 bridgehead atoms. The van der Waals surface area contributed by atoms with Gasteiger partial charge in [0.15, 0.2) is 55.7 Å². The van der Waals surface area contributed by atoms with E-state index < -0.39 is 54.1 Å². The van der Waals surface area contributed by atoms with E-state index in [1.165, 1.54) is 14.0 Å². The molecule has 274 valence electrons. The van der Waals surface area contributed by atoms with E-state index >= 15 is 4.39 Å². The molecule has 5 rings (SSSR count). The van der Waals surface area contributed by atoms with Crippen LogP contribution in [0.15, 0.2) is 45.3 Å². The number of H-pyrrole nitrogens is 1. The average Bonchev–Trinajstić information content (AvgIpc) is 3.48. The maximum absolute atomic E-state index is 15.7. The lowest BCUT2D eigenvalue weighted by atomic mass is 9.93. The summed E-state index contributed by atoms with van der Waals surface area (Å²) < 4.78 is 103. The zero-order chi connectivity index (χ0) is 37.2. The summed E-state index contributed by atoms with van der Waals surface area (Å²) in [6.07, 6.45) is 2.45. The Morgan fingerprint density at radius 2 is 1.71 bits per heavy atom. The molecule has 2 aromatic carbocycles. The van der Waals surface area contributed by atoms with Crippen molar-refractivity contribution in [2.75, 3.05) is 37.0 Å². The minimum absolute atomic E-state index is 0.0233. The second-order valence-corrected chi connectivity index (χ2v) is 16.0. The number of aromatic amines is 1. The Morgan fingerprint density at radius 3 is 2.27 bits per heavy atom. The van der Waals surface area contributed by atoms with Crippen LogP contribution < -0.4 is 20.3 Å². The predicted molar refractivity (Wildman–Crippen MR) is 180 cm³/mol. The third-order valence-electron chi connectivity index (χ3n) is 8.62. The van der Waals surface area contributed by atoms with E-state index in [4.69, 9.17) is 9.72 Å². The van der Waals surface area contributed by atoms with E-state index in [9.17, 15) is 30.8 Å². The number of methoxy groups -OCH3 is 1. The monoisotopic (exact) mass is 753 g/mol. The van der Waals surface area contributed by atoms with Crippen molar-refractivity contribution in [3.8, 4) is 5.75 Å². The van der Waals surface area contributed by atoms with Crippen molar-refractivity contribution in [1.29, 1.82) is 0 Å². The van der Waals surface area contributed by atoms with Crippen LogP contribution in [0.1, 0.15) is 51.3 Å². The number of ether oxygens (including phenoxy) is 1. The minimum atomic E-state index is -4.82. The standard InChI is InChI=1S/C33H36F5N7O4S2/c1-17-14-25(44-43-17)40-30-29(49-5)31(45-12-9-19(10-13-45)8-11-39-18(2)46)42-32(41-30)50-24-7-6-20(15-21(24)34)51(47,48)33(3,4)26-27(37)22(35)16-23(36)28(26)38/h6-7,14-16,19H,8-13H2,1-5H3,(H,39,46)(H2,40,41,42,43,44). The number of halogens is 5. The second-order valence-electron chi connectivity index (χ2n) is 12.5. The molecule has 1 amide bonds. The van der Waals surface area contributed by atoms with Crippen molar-refractivity contribution >= 4 is 45.0 Å². The summed E-state index contributed by atoms with van der Waals surface area (Å²) in [5.41, 5.74) is -0.572. The van der Waals surface area contributed by atoms with Gasteiger partial charge in [-0.25, -0.2) is 40.3 Å². The molecule has 18 heteroatoms. The Morgan fingerprint density at radius 1 is 1.04 bits per heavy atom. The van der Waals surface area contributed by atoms with Crippen LogP contribution in [0.3, 0.4) is 0 Å². The first-order valence-electron chi connectivity index (χ1n) is 15.8. The number of sulfone groups is 1. The highest BCUT2D eigenvalue weighted by molar-refractivity contribution is 7.99. The fourth-order valence-electron chi connectivity index (χ4n) is 5.80. The van der Waals surface area contributed by atoms with Gasteiger partial charge in [-0.2, -0.15) is 5.10 Å². The zero-order valence-corrected chi connectivity index (χ0v) is 30.0. The quantitative estimate of drug-likeness (QED) is 0.0828. The smallest absolute Gasteiger partial charge is 0.216 e. The summed E-state index contributed by atoms with van der Waals surface area (Å²) in [5.74, 6) is -6.61. The SMILES string of the molecule is COc1c(Nc2cc(C)[nH]n2)nc(Sc2ccc(S(=O)(=O)C(C)(C)c3c(F)c(F)cc(F)c3F)cc2F)nc1N1CCC(CCNC(C)=O)CC1. The number of benzene rings is 2. The fourth-order valence-corrected chi connectivity index (χ4v) is 8.10. The first kappa shape index (κ1) is 37.8. The molecule has 4 aromatic rings. The molecule has 1 aliphatic heterocycles. The van der Waals surface area contributed by atoms with E-state index in [2.05, 4.69) is 25.8 Å². The highest BCUT2D eigenvalue weighted by Crippen LogP contribution is 2.42. The minimum Gasteiger partial charge on any atom is -0.490 e. The molecule has 1 saturated heterocycles. The van der Waals surface area contributed by atoms with Crippen LogP contribution in [0.25, 0.3) is 0 Å². The molecular formula is C33H36F5N7O4S2. The normalized spacial score (nSPS) is 14.1. The number of rotatable bonds is 12. The Balaban J connectivity index is 1.46. The first-order chi connectivity index (χ1) is 24.0. The summed E-state index contributed by atoms with van der Waals surface area (Å²) >= 11 is 0.786. The molecule has 0 aliphatic carbocycles. The second kappa shape index (κ2) is 15.0. The molecule has 0 atom stereocenters. The molecule has 2 aromatic heterocycles. The number of piperidine rings is 1. The Bertz CT molecular complexity index is 2030. The molecule has 51 heavy (non-hydrogen) atoms. The highest BCUT2D eigenvalue weighted by Gasteiger charge is 2.44. The number of aromatic nitrogens is 4. The van der Waals surface area contributed by atoms with Crippen molar-refractivity contribution in [2.45, 2.75) is 66.7 Å². The van der Waals surface area contributed by atoms with Crippen LogP contribution in [0, 0.1) is 41.9 Å². The van der Waals surface area contributed by atoms with Gasteiger partial charge >= 0.3 is 0 Å². The van der Waals surface area contributed by atoms with Crippen LogP contribution in [0.2, 0.25) is 0 Å². The number of aryl methyl sites for hydroxylation is 1. The fraction of sp³-hybridized carbons (Fsp3) is 0.394. The summed E-state index contributed by atoms with van der Waals surface area (Å²) in [6.45, 7) is 6.83. The van der Waals surface area contributed by atoms with Gasteiger partial charge in [-0.1, -0.05) is 0 Å². The topological polar surface area (TPSA) is 142 Å². The van der Waals surface area contributed by atoms with Crippen LogP contribution >= 0.6 is 11.8 Å². The first-order valence-corrected chi connectivity index (χ1v) is 18.1. The lowest BCUT2D eigenvalue weighted by Crippen LogP contribution is -2.36. The number of amides is 1. The predicted octanol–water partition coefficient (Wildman–Crippen LogP) is 6.56. The van der Waals surface area contributed by atoms with Crippen LogP contribution in [0.4, 0.5) is 39.4 Å². The van der Waals surface area contributed by atoms with Gasteiger partial charge in [-0.05, 0) is 75.9 Å². The van der Waals surface area contributed by atoms with Crippen LogP contribution in [-0.2, 0) is 19.4 Å². The Hall–Kier alpha value is -4.45. The van der Waals surface area contributed by atoms with E-state index in [1.54, 1.807) is 6.07 Å². The highest BCUT2D eigenvalue weighted by atomic mass is 32.2. The molecule has 3 N–H and O–H groups in total. The number of nitrogens with zero attached hydrogens (tertiary/aromatic N) is 4. The number of carbonyl (C=O) groups excluding carboxylic acids is 1. The molecule has 0 unspecified atom stereocenters. The molecule has 0 spiro atoms. The van der Waals surface area contributed by atoms with Gasteiger partial charge in [0.1, 0.15) is 10.6 Å². The van der Waals surface area contributed by atoms with Gasteiger partial charge in [0, 0.05) is 44.4 Å². The summed E-state index contributed by atoms with van der Waals surface area (Å²) in [4.78, 5) is 21.8. The van der Waals surface area contributed by atoms with Crippen molar-refractivity contribution in [2.24, 2.45) is 5.92 Å². The lowest BCUT2D eigenvalue weighted by molar-refractivity contribution is -0.119. The molecule has 11 nitrogen and oxygen atoms in total. The van der Waals surface area contributed by atoms with Crippen molar-refractivity contribution < 1.29 is 39.9 Å². The van der Waals surface area contributed by atoms with Gasteiger partial charge in [-0.3, -0.25) is 9.89 Å². The number of hydrogen-bond donors (Lipinski definition) is 3. The largest absolute Gasteiger partial charge is 0.490 e. The van der Waals surface area contributed by atoms with E-state index in [0.29, 0.717) is 49.0 Å². The molecule has 0 radical (unpaired) electrons. The van der Waals surface area contributed by atoms with Gasteiger partial charge in [0.2, 0.25) is 11.7 Å². The van der Waals surface area contributed by atoms with Crippen molar-refractivity contribution in [3.05, 3.63) is 70.7 Å². The average molecular weight is 754 g/mol. The van der Waals surface area contributed by atoms with Gasteiger partial charge in [-0.15, -0.1) is 0 Å². The molecule has 0 saturated carbocycles. The molecule has 3 heterocycles. The number of carbonyl (C=O) groups is 1. The van der Waals surface area contributed by atoms with E-state index in [0.717, 1.165) is 62.7 Å². The molecular weight excluding hydrogens is 718 g/mol. The van der Waals surface area contributed by atoms with Crippen molar-refractivity contribution in [1.82, 2.24) is 25.5 Å². The number of nitrogens with one attached hydrogen (secondary N) is 3. The number of hydrogen-bond acceptors (Lipinski definition) is 10. The maximum Gasteiger partial charge on any atom is 0.216 e. The molecule has 1 aliphatic rings. The lowest BCUT2D eigenvalue weighted by Gasteiger charge is -2.34. The zero-order valence-electron chi connectivity index (χ0n) is 28.3. The maximum atomic E-state index is 15.7. The van der Waals surface area contributed by atoms with Gasteiger partial charge in [0.05, 0.1) is 22.5 Å². The van der Waals surface area contributed by atoms with Gasteiger partial charge in [0.25, 0.3) is 0 Å².